The Kier molecular flexibility index (Phi) is 3.76. The number of ether oxygens (including phenoxy) is 1. The van der Waals surface area contributed by atoms with Gasteiger partial charge in [0.2, 0.25) is 0 Å². The lowest BCUT2D eigenvalue weighted by Gasteiger charge is -2.04. The van der Waals surface area contributed by atoms with Crippen LogP contribution in [0.5, 0.6) is 5.75 Å². The summed E-state index contributed by atoms with van der Waals surface area (Å²) in [6.07, 6.45) is 5.59. The van der Waals surface area contributed by atoms with E-state index in [1.165, 1.54) is 0 Å². The van der Waals surface area contributed by atoms with E-state index in [0.717, 1.165) is 5.56 Å². The van der Waals surface area contributed by atoms with Crippen molar-refractivity contribution in [1.29, 1.82) is 0 Å². The average Bonchev–Trinajstić information content (AvgIpc) is 2.38. The van der Waals surface area contributed by atoms with E-state index >= 15 is 0 Å². The fourth-order valence-corrected chi connectivity index (χ4v) is 1.41. The van der Waals surface area contributed by atoms with Crippen molar-refractivity contribution in [3.05, 3.63) is 60.3 Å². The standard InChI is InChI=1S/C14H14N2O/c15-14-13(9-4-10-16-14)17-11-5-8-12-6-2-1-3-7-12/h1-10H,11H2,(H2,15,16)/b8-5+. The van der Waals surface area contributed by atoms with E-state index in [4.69, 9.17) is 10.5 Å². The summed E-state index contributed by atoms with van der Waals surface area (Å²) in [5.74, 6) is 1.03. The molecule has 2 rings (SSSR count). The van der Waals surface area contributed by atoms with Crippen LogP contribution in [0.25, 0.3) is 6.08 Å². The van der Waals surface area contributed by atoms with Crippen LogP contribution in [-0.4, -0.2) is 11.6 Å². The maximum atomic E-state index is 5.65. The molecule has 86 valence electrons. The highest BCUT2D eigenvalue weighted by atomic mass is 16.5. The molecule has 0 fully saturated rings. The van der Waals surface area contributed by atoms with Gasteiger partial charge in [0, 0.05) is 6.20 Å². The van der Waals surface area contributed by atoms with Crippen molar-refractivity contribution >= 4 is 11.9 Å². The van der Waals surface area contributed by atoms with Crippen molar-refractivity contribution in [1.82, 2.24) is 4.98 Å². The van der Waals surface area contributed by atoms with Crippen LogP contribution in [0.3, 0.4) is 0 Å². The number of aromatic nitrogens is 1. The van der Waals surface area contributed by atoms with Crippen molar-refractivity contribution < 1.29 is 4.74 Å². The average molecular weight is 226 g/mol. The minimum Gasteiger partial charge on any atom is -0.486 e. The third-order valence-electron chi connectivity index (χ3n) is 2.24. The van der Waals surface area contributed by atoms with Gasteiger partial charge in [0.05, 0.1) is 0 Å². The molecule has 1 aromatic heterocycles. The number of nitrogens with zero attached hydrogens (tertiary/aromatic N) is 1. The molecule has 0 saturated carbocycles. The second-order valence-electron chi connectivity index (χ2n) is 3.51. The highest BCUT2D eigenvalue weighted by Gasteiger charge is 1.97. The quantitative estimate of drug-likeness (QED) is 0.872. The van der Waals surface area contributed by atoms with Crippen LogP contribution in [0.4, 0.5) is 5.82 Å². The van der Waals surface area contributed by atoms with Gasteiger partial charge in [-0.25, -0.2) is 4.98 Å². The van der Waals surface area contributed by atoms with Crippen LogP contribution in [0.15, 0.2) is 54.7 Å². The Labute approximate surface area is 101 Å². The molecular weight excluding hydrogens is 212 g/mol. The molecule has 0 saturated heterocycles. The third kappa shape index (κ3) is 3.34. The number of hydrogen-bond donors (Lipinski definition) is 1. The Bertz CT molecular complexity index is 495. The van der Waals surface area contributed by atoms with Crippen LogP contribution in [0.2, 0.25) is 0 Å². The van der Waals surface area contributed by atoms with Crippen molar-refractivity contribution in [2.24, 2.45) is 0 Å². The summed E-state index contributed by atoms with van der Waals surface area (Å²) >= 11 is 0. The first-order chi connectivity index (χ1) is 8.36. The molecule has 0 aliphatic heterocycles. The Morgan fingerprint density at radius 3 is 2.71 bits per heavy atom. The van der Waals surface area contributed by atoms with Crippen molar-refractivity contribution in [3.8, 4) is 5.75 Å². The van der Waals surface area contributed by atoms with Crippen LogP contribution < -0.4 is 10.5 Å². The number of pyridine rings is 1. The van der Waals surface area contributed by atoms with Crippen molar-refractivity contribution in [2.75, 3.05) is 12.3 Å². The van der Waals surface area contributed by atoms with Gasteiger partial charge in [0.15, 0.2) is 11.6 Å². The molecular formula is C14H14N2O. The van der Waals surface area contributed by atoms with Crippen LogP contribution in [0, 0.1) is 0 Å². The van der Waals surface area contributed by atoms with Gasteiger partial charge in [-0.15, -0.1) is 0 Å². The second-order valence-corrected chi connectivity index (χ2v) is 3.51. The van der Waals surface area contributed by atoms with E-state index in [0.29, 0.717) is 18.2 Å². The molecule has 0 aliphatic carbocycles. The topological polar surface area (TPSA) is 48.1 Å². The molecule has 3 nitrogen and oxygen atoms in total. The van der Waals surface area contributed by atoms with Crippen LogP contribution in [-0.2, 0) is 0 Å². The Hall–Kier alpha value is -2.29. The smallest absolute Gasteiger partial charge is 0.166 e. The third-order valence-corrected chi connectivity index (χ3v) is 2.24. The normalized spacial score (nSPS) is 10.6. The van der Waals surface area contributed by atoms with Gasteiger partial charge >= 0.3 is 0 Å². The first-order valence-electron chi connectivity index (χ1n) is 5.41. The number of nitrogens with two attached hydrogens (primary N) is 1. The first kappa shape index (κ1) is 11.2. The van der Waals surface area contributed by atoms with E-state index < -0.39 is 0 Å². The van der Waals surface area contributed by atoms with E-state index in [1.807, 2.05) is 42.5 Å². The number of benzene rings is 1. The molecule has 2 aromatic rings. The Morgan fingerprint density at radius 2 is 1.94 bits per heavy atom. The summed E-state index contributed by atoms with van der Waals surface area (Å²) in [5, 5.41) is 0. The second kappa shape index (κ2) is 5.70. The minimum absolute atomic E-state index is 0.417. The van der Waals surface area contributed by atoms with Gasteiger partial charge in [-0.3, -0.25) is 0 Å². The zero-order chi connectivity index (χ0) is 11.9. The van der Waals surface area contributed by atoms with E-state index in [-0.39, 0.29) is 0 Å². The summed E-state index contributed by atoms with van der Waals surface area (Å²) in [6, 6.07) is 13.7. The van der Waals surface area contributed by atoms with Gasteiger partial charge in [0.25, 0.3) is 0 Å². The van der Waals surface area contributed by atoms with Gasteiger partial charge in [-0.2, -0.15) is 0 Å². The SMILES string of the molecule is Nc1ncccc1OC/C=C/c1ccccc1. The fraction of sp³-hybridized carbons (Fsp3) is 0.0714. The molecule has 1 aromatic carbocycles. The summed E-state index contributed by atoms with van der Waals surface area (Å²) in [6.45, 7) is 0.477. The van der Waals surface area contributed by atoms with Gasteiger partial charge in [-0.05, 0) is 23.8 Å². The highest BCUT2D eigenvalue weighted by Crippen LogP contribution is 2.16. The van der Waals surface area contributed by atoms with E-state index in [9.17, 15) is 0 Å². The predicted octanol–water partition coefficient (Wildman–Crippen LogP) is 2.76. The summed E-state index contributed by atoms with van der Waals surface area (Å²) < 4.78 is 5.48. The molecule has 17 heavy (non-hydrogen) atoms. The zero-order valence-electron chi connectivity index (χ0n) is 9.41. The lowest BCUT2D eigenvalue weighted by Crippen LogP contribution is -1.99. The molecule has 0 unspecified atom stereocenters. The summed E-state index contributed by atoms with van der Waals surface area (Å²) in [7, 11) is 0. The van der Waals surface area contributed by atoms with Gasteiger partial charge in [-0.1, -0.05) is 36.4 Å². The molecule has 0 aliphatic rings. The number of rotatable bonds is 4. The monoisotopic (exact) mass is 226 g/mol. The predicted molar refractivity (Wildman–Crippen MR) is 69.6 cm³/mol. The fourth-order valence-electron chi connectivity index (χ4n) is 1.41. The van der Waals surface area contributed by atoms with Crippen LogP contribution >= 0.6 is 0 Å². The van der Waals surface area contributed by atoms with Crippen molar-refractivity contribution in [3.63, 3.8) is 0 Å². The molecule has 0 spiro atoms. The van der Waals surface area contributed by atoms with E-state index in [2.05, 4.69) is 4.98 Å². The molecule has 0 amide bonds. The summed E-state index contributed by atoms with van der Waals surface area (Å²) in [5.41, 5.74) is 6.80. The molecule has 2 N–H and O–H groups in total. The maximum absolute atomic E-state index is 5.65. The number of anilines is 1. The highest BCUT2D eigenvalue weighted by molar-refractivity contribution is 5.49. The Morgan fingerprint density at radius 1 is 1.12 bits per heavy atom. The number of hydrogen-bond acceptors (Lipinski definition) is 3. The summed E-state index contributed by atoms with van der Waals surface area (Å²) in [4.78, 5) is 3.94. The largest absolute Gasteiger partial charge is 0.486 e. The van der Waals surface area contributed by atoms with Gasteiger partial charge < -0.3 is 10.5 Å². The zero-order valence-corrected chi connectivity index (χ0v) is 9.41. The molecule has 3 heteroatoms. The first-order valence-corrected chi connectivity index (χ1v) is 5.41. The van der Waals surface area contributed by atoms with E-state index in [1.54, 1.807) is 18.3 Å². The molecule has 0 bridgehead atoms. The van der Waals surface area contributed by atoms with Crippen LogP contribution in [0.1, 0.15) is 5.56 Å². The molecule has 0 atom stereocenters. The lowest BCUT2D eigenvalue weighted by atomic mass is 10.2. The van der Waals surface area contributed by atoms with Crippen molar-refractivity contribution in [2.45, 2.75) is 0 Å². The molecule has 0 radical (unpaired) electrons. The Balaban J connectivity index is 1.88. The van der Waals surface area contributed by atoms with Gasteiger partial charge in [0.1, 0.15) is 6.61 Å². The molecule has 1 heterocycles. The minimum atomic E-state index is 0.417. The lowest BCUT2D eigenvalue weighted by molar-refractivity contribution is 0.364. The maximum Gasteiger partial charge on any atom is 0.166 e. The number of nitrogen functional groups attached to an aromatic ring is 1.